The van der Waals surface area contributed by atoms with E-state index in [0.717, 1.165) is 16.9 Å². The molecule has 0 aromatic heterocycles. The van der Waals surface area contributed by atoms with Crippen LogP contribution in [-0.4, -0.2) is 31.2 Å². The fraction of sp³-hybridized carbons (Fsp3) is 0.455. The molecule has 2 heterocycles. The summed E-state index contributed by atoms with van der Waals surface area (Å²) in [6.07, 6.45) is -0.361. The van der Waals surface area contributed by atoms with Gasteiger partial charge in [-0.15, -0.1) is 0 Å². The quantitative estimate of drug-likeness (QED) is 0.789. The van der Waals surface area contributed by atoms with Gasteiger partial charge in [-0.1, -0.05) is 42.5 Å². The van der Waals surface area contributed by atoms with Gasteiger partial charge in [0.1, 0.15) is 17.5 Å². The van der Waals surface area contributed by atoms with E-state index >= 15 is 0 Å². The highest BCUT2D eigenvalue weighted by Gasteiger charge is 2.54. The minimum absolute atomic E-state index is 0.118. The van der Waals surface area contributed by atoms with Crippen molar-refractivity contribution in [2.75, 3.05) is 7.11 Å². The van der Waals surface area contributed by atoms with Gasteiger partial charge in [0.25, 0.3) is 0 Å². The first-order valence-corrected chi connectivity index (χ1v) is 9.35. The van der Waals surface area contributed by atoms with Gasteiger partial charge in [0.15, 0.2) is 12.6 Å². The van der Waals surface area contributed by atoms with Crippen molar-refractivity contribution in [2.24, 2.45) is 0 Å². The summed E-state index contributed by atoms with van der Waals surface area (Å²) in [6.45, 7) is 4.61. The Labute approximate surface area is 160 Å². The average molecular weight is 370 g/mol. The van der Waals surface area contributed by atoms with Crippen LogP contribution >= 0.6 is 0 Å². The summed E-state index contributed by atoms with van der Waals surface area (Å²) in [6, 6.07) is 17.9. The molecule has 2 fully saturated rings. The molecule has 0 N–H and O–H groups in total. The van der Waals surface area contributed by atoms with Crippen LogP contribution in [0, 0.1) is 0 Å². The Hall–Kier alpha value is -1.92. The van der Waals surface area contributed by atoms with Crippen LogP contribution in [0.15, 0.2) is 54.6 Å². The second-order valence-corrected chi connectivity index (χ2v) is 7.36. The van der Waals surface area contributed by atoms with Gasteiger partial charge in [-0.2, -0.15) is 0 Å². The maximum absolute atomic E-state index is 6.34. The van der Waals surface area contributed by atoms with E-state index in [1.165, 1.54) is 0 Å². The summed E-state index contributed by atoms with van der Waals surface area (Å²) in [5, 5.41) is 0. The van der Waals surface area contributed by atoms with Crippen LogP contribution in [0.2, 0.25) is 0 Å². The zero-order valence-corrected chi connectivity index (χ0v) is 16.0. The fourth-order valence-corrected chi connectivity index (χ4v) is 3.85. The molecule has 5 atom stereocenters. The fourth-order valence-electron chi connectivity index (χ4n) is 3.85. The summed E-state index contributed by atoms with van der Waals surface area (Å²) in [4.78, 5) is 0. The molecular formula is C22H26O5. The molecule has 0 amide bonds. The average Bonchev–Trinajstić information content (AvgIpc) is 3.05. The number of hydrogen-bond donors (Lipinski definition) is 0. The zero-order valence-electron chi connectivity index (χ0n) is 16.0. The van der Waals surface area contributed by atoms with E-state index in [2.05, 4.69) is 6.92 Å². The lowest BCUT2D eigenvalue weighted by Crippen LogP contribution is -2.53. The highest BCUT2D eigenvalue weighted by Crippen LogP contribution is 2.46. The normalized spacial score (nSPS) is 32.9. The van der Waals surface area contributed by atoms with E-state index in [9.17, 15) is 0 Å². The SMILES string of the molecule is COc1ccc(C2O[C@@H]3[C@H](C)O[C@@H](OCc4ccccc4)C[C@]3(C)O2)cc1. The van der Waals surface area contributed by atoms with E-state index in [4.69, 9.17) is 23.7 Å². The number of rotatable bonds is 5. The van der Waals surface area contributed by atoms with E-state index in [1.807, 2.05) is 61.5 Å². The standard InChI is InChI=1S/C22H26O5/c1-15-20-22(2,13-19(25-15)24-14-16-7-5-4-6-8-16)27-21(26-20)17-9-11-18(23-3)12-10-17/h4-12,15,19-21H,13-14H2,1-3H3/t15-,19+,20+,21?,22-/m0/s1. The summed E-state index contributed by atoms with van der Waals surface area (Å²) in [7, 11) is 1.65. The Bertz CT molecular complexity index is 747. The molecule has 4 rings (SSSR count). The van der Waals surface area contributed by atoms with Crippen LogP contribution < -0.4 is 4.74 Å². The van der Waals surface area contributed by atoms with Gasteiger partial charge >= 0.3 is 0 Å². The molecule has 0 bridgehead atoms. The molecule has 0 saturated carbocycles. The highest BCUT2D eigenvalue weighted by atomic mass is 16.8. The monoisotopic (exact) mass is 370 g/mol. The summed E-state index contributed by atoms with van der Waals surface area (Å²) in [5.41, 5.74) is 1.64. The Morgan fingerprint density at radius 2 is 1.78 bits per heavy atom. The first kappa shape index (κ1) is 18.4. The molecule has 2 aliphatic heterocycles. The number of methoxy groups -OCH3 is 1. The van der Waals surface area contributed by atoms with Crippen molar-refractivity contribution >= 4 is 0 Å². The molecule has 0 aliphatic carbocycles. The summed E-state index contributed by atoms with van der Waals surface area (Å²) < 4.78 is 29.8. The molecule has 0 spiro atoms. The maximum atomic E-state index is 6.34. The van der Waals surface area contributed by atoms with Gasteiger partial charge in [-0.3, -0.25) is 0 Å². The molecular weight excluding hydrogens is 344 g/mol. The van der Waals surface area contributed by atoms with E-state index in [-0.39, 0.29) is 18.5 Å². The smallest absolute Gasteiger partial charge is 0.185 e. The first-order valence-electron chi connectivity index (χ1n) is 9.35. The zero-order chi connectivity index (χ0) is 18.9. The number of hydrogen-bond acceptors (Lipinski definition) is 5. The number of benzene rings is 2. The van der Waals surface area contributed by atoms with Crippen LogP contribution in [0.3, 0.4) is 0 Å². The topological polar surface area (TPSA) is 46.2 Å². The predicted octanol–water partition coefficient (Wildman–Crippen LogP) is 4.22. The van der Waals surface area contributed by atoms with Crippen molar-refractivity contribution in [1.82, 2.24) is 0 Å². The molecule has 27 heavy (non-hydrogen) atoms. The van der Waals surface area contributed by atoms with Crippen LogP contribution in [0.4, 0.5) is 0 Å². The van der Waals surface area contributed by atoms with Gasteiger partial charge in [-0.05, 0) is 31.5 Å². The van der Waals surface area contributed by atoms with E-state index in [0.29, 0.717) is 13.0 Å². The summed E-state index contributed by atoms with van der Waals surface area (Å²) >= 11 is 0. The van der Waals surface area contributed by atoms with Gasteiger partial charge in [0, 0.05) is 12.0 Å². The second-order valence-electron chi connectivity index (χ2n) is 7.36. The minimum atomic E-state index is -0.455. The molecule has 2 aliphatic rings. The van der Waals surface area contributed by atoms with Crippen LogP contribution in [0.5, 0.6) is 5.75 Å². The van der Waals surface area contributed by atoms with Crippen molar-refractivity contribution in [2.45, 2.75) is 57.3 Å². The first-order chi connectivity index (χ1) is 13.1. The van der Waals surface area contributed by atoms with Crippen LogP contribution in [0.1, 0.15) is 37.7 Å². The third-order valence-electron chi connectivity index (χ3n) is 5.28. The second kappa shape index (κ2) is 7.60. The summed E-state index contributed by atoms with van der Waals surface area (Å²) in [5.74, 6) is 0.812. The molecule has 5 nitrogen and oxygen atoms in total. The Balaban J connectivity index is 1.43. The van der Waals surface area contributed by atoms with Crippen LogP contribution in [0.25, 0.3) is 0 Å². The Morgan fingerprint density at radius 1 is 1.04 bits per heavy atom. The number of ether oxygens (including phenoxy) is 5. The molecule has 144 valence electrons. The van der Waals surface area contributed by atoms with Gasteiger partial charge in [0.05, 0.1) is 19.8 Å². The third kappa shape index (κ3) is 3.87. The van der Waals surface area contributed by atoms with Gasteiger partial charge in [-0.25, -0.2) is 0 Å². The molecule has 5 heteroatoms. The number of fused-ring (bicyclic) bond motifs is 1. The molecule has 1 unspecified atom stereocenters. The lowest BCUT2D eigenvalue weighted by Gasteiger charge is -2.41. The lowest BCUT2D eigenvalue weighted by molar-refractivity contribution is -0.249. The van der Waals surface area contributed by atoms with Gasteiger partial charge in [0.2, 0.25) is 0 Å². The molecule has 2 aromatic rings. The minimum Gasteiger partial charge on any atom is -0.497 e. The van der Waals surface area contributed by atoms with Crippen molar-refractivity contribution < 1.29 is 23.7 Å². The Kier molecular flexibility index (Phi) is 5.19. The third-order valence-corrected chi connectivity index (χ3v) is 5.28. The lowest BCUT2D eigenvalue weighted by atomic mass is 9.89. The van der Waals surface area contributed by atoms with Crippen molar-refractivity contribution in [3.05, 3.63) is 65.7 Å². The van der Waals surface area contributed by atoms with Crippen molar-refractivity contribution in [3.63, 3.8) is 0 Å². The van der Waals surface area contributed by atoms with Crippen molar-refractivity contribution in [1.29, 1.82) is 0 Å². The van der Waals surface area contributed by atoms with E-state index in [1.54, 1.807) is 7.11 Å². The van der Waals surface area contributed by atoms with Crippen LogP contribution in [-0.2, 0) is 25.6 Å². The molecule has 2 saturated heterocycles. The van der Waals surface area contributed by atoms with Crippen molar-refractivity contribution in [3.8, 4) is 5.75 Å². The maximum Gasteiger partial charge on any atom is 0.185 e. The van der Waals surface area contributed by atoms with E-state index < -0.39 is 11.9 Å². The highest BCUT2D eigenvalue weighted by molar-refractivity contribution is 5.28. The predicted molar refractivity (Wildman–Crippen MR) is 100 cm³/mol. The molecule has 0 radical (unpaired) electrons. The van der Waals surface area contributed by atoms with Gasteiger partial charge < -0.3 is 23.7 Å². The molecule has 2 aromatic carbocycles. The Morgan fingerprint density at radius 3 is 2.48 bits per heavy atom. The largest absolute Gasteiger partial charge is 0.497 e.